The highest BCUT2D eigenvalue weighted by atomic mass is 16.4. The Morgan fingerprint density at radius 2 is 1.89 bits per heavy atom. The molecule has 0 spiro atoms. The fourth-order valence-electron chi connectivity index (χ4n) is 1.63. The first-order valence-corrected chi connectivity index (χ1v) is 5.16. The summed E-state index contributed by atoms with van der Waals surface area (Å²) in [6, 6.07) is 0. The molecule has 0 saturated carbocycles. The SMILES string of the molecule is O=C(O)CCCn1c(=O)[nH]c2[nH]c(=O)[nH]c2c1=O. The van der Waals surface area contributed by atoms with Gasteiger partial charge < -0.3 is 5.11 Å². The standard InChI is InChI=1S/C9H10N4O5/c14-4(15)2-1-3-13-7(16)5-6(12-9(13)18)11-8(17)10-5/h1-3H2,(H,12,18)(H,14,15)(H2,10,11,17). The van der Waals surface area contributed by atoms with Crippen LogP contribution in [0.3, 0.4) is 0 Å². The van der Waals surface area contributed by atoms with E-state index in [1.807, 2.05) is 0 Å². The normalized spacial score (nSPS) is 10.9. The highest BCUT2D eigenvalue weighted by Crippen LogP contribution is 1.95. The van der Waals surface area contributed by atoms with Gasteiger partial charge in [0.15, 0.2) is 5.52 Å². The summed E-state index contributed by atoms with van der Waals surface area (Å²) in [5.41, 5.74) is -1.94. The third-order valence-electron chi connectivity index (χ3n) is 2.44. The molecular formula is C9H10N4O5. The Kier molecular flexibility index (Phi) is 2.88. The topological polar surface area (TPSA) is 141 Å². The van der Waals surface area contributed by atoms with Gasteiger partial charge in [-0.1, -0.05) is 0 Å². The first-order valence-electron chi connectivity index (χ1n) is 5.16. The number of fused-ring (bicyclic) bond motifs is 1. The number of aromatic amines is 3. The Labute approximate surface area is 98.1 Å². The summed E-state index contributed by atoms with van der Waals surface area (Å²) < 4.78 is 0.856. The van der Waals surface area contributed by atoms with Gasteiger partial charge in [-0.2, -0.15) is 0 Å². The van der Waals surface area contributed by atoms with E-state index < -0.39 is 22.9 Å². The molecule has 2 rings (SSSR count). The van der Waals surface area contributed by atoms with Crippen molar-refractivity contribution >= 4 is 17.1 Å². The van der Waals surface area contributed by atoms with E-state index in [9.17, 15) is 19.2 Å². The third kappa shape index (κ3) is 2.10. The number of nitrogens with one attached hydrogen (secondary N) is 3. The van der Waals surface area contributed by atoms with E-state index in [1.165, 1.54) is 0 Å². The molecule has 2 aromatic rings. The molecule has 0 saturated heterocycles. The zero-order valence-corrected chi connectivity index (χ0v) is 9.15. The van der Waals surface area contributed by atoms with Crippen molar-refractivity contribution in [1.29, 1.82) is 0 Å². The van der Waals surface area contributed by atoms with Crippen LogP contribution in [0.5, 0.6) is 0 Å². The summed E-state index contributed by atoms with van der Waals surface area (Å²) in [6.45, 7) is -0.0242. The second-order valence-corrected chi connectivity index (χ2v) is 3.71. The lowest BCUT2D eigenvalue weighted by Gasteiger charge is -2.02. The van der Waals surface area contributed by atoms with E-state index in [0.717, 1.165) is 4.57 Å². The molecule has 2 aromatic heterocycles. The van der Waals surface area contributed by atoms with Crippen LogP contribution in [0, 0.1) is 0 Å². The quantitative estimate of drug-likeness (QED) is 0.529. The zero-order valence-electron chi connectivity index (χ0n) is 9.15. The Bertz CT molecular complexity index is 762. The van der Waals surface area contributed by atoms with Crippen LogP contribution >= 0.6 is 0 Å². The van der Waals surface area contributed by atoms with Gasteiger partial charge in [0.1, 0.15) is 5.65 Å². The predicted octanol–water partition coefficient (Wildman–Crippen LogP) is -1.43. The lowest BCUT2D eigenvalue weighted by atomic mass is 10.3. The smallest absolute Gasteiger partial charge is 0.330 e. The predicted molar refractivity (Wildman–Crippen MR) is 60.7 cm³/mol. The molecule has 9 nitrogen and oxygen atoms in total. The maximum Gasteiger partial charge on any atom is 0.330 e. The fraction of sp³-hybridized carbons (Fsp3) is 0.333. The first kappa shape index (κ1) is 11.9. The van der Waals surface area contributed by atoms with Gasteiger partial charge in [-0.25, -0.2) is 9.59 Å². The second-order valence-electron chi connectivity index (χ2n) is 3.71. The van der Waals surface area contributed by atoms with Gasteiger partial charge >= 0.3 is 17.3 Å². The summed E-state index contributed by atoms with van der Waals surface area (Å²) >= 11 is 0. The maximum absolute atomic E-state index is 11.8. The third-order valence-corrected chi connectivity index (χ3v) is 2.44. The molecule has 0 aliphatic rings. The van der Waals surface area contributed by atoms with Crippen LogP contribution in [0.2, 0.25) is 0 Å². The number of rotatable bonds is 4. The van der Waals surface area contributed by atoms with E-state index in [0.29, 0.717) is 0 Å². The molecule has 0 amide bonds. The minimum Gasteiger partial charge on any atom is -0.481 e. The number of carboxylic acid groups (broad SMARTS) is 1. The number of nitrogens with zero attached hydrogens (tertiary/aromatic N) is 1. The van der Waals surface area contributed by atoms with E-state index in [2.05, 4.69) is 15.0 Å². The van der Waals surface area contributed by atoms with Crippen LogP contribution in [0.4, 0.5) is 0 Å². The maximum atomic E-state index is 11.8. The number of H-pyrrole nitrogens is 3. The van der Waals surface area contributed by atoms with Crippen molar-refractivity contribution < 1.29 is 9.90 Å². The van der Waals surface area contributed by atoms with Crippen LogP contribution in [0.25, 0.3) is 11.2 Å². The molecule has 18 heavy (non-hydrogen) atoms. The minimum absolute atomic E-state index is 0.0242. The van der Waals surface area contributed by atoms with Crippen molar-refractivity contribution in [2.75, 3.05) is 0 Å². The molecule has 0 fully saturated rings. The van der Waals surface area contributed by atoms with Crippen molar-refractivity contribution in [2.24, 2.45) is 0 Å². The first-order chi connectivity index (χ1) is 8.49. The van der Waals surface area contributed by atoms with Crippen molar-refractivity contribution in [1.82, 2.24) is 19.5 Å². The number of aliphatic carboxylic acids is 1. The van der Waals surface area contributed by atoms with Crippen molar-refractivity contribution in [3.05, 3.63) is 31.3 Å². The van der Waals surface area contributed by atoms with Crippen LogP contribution in [-0.2, 0) is 11.3 Å². The number of carboxylic acids is 1. The summed E-state index contributed by atoms with van der Waals surface area (Å²) in [7, 11) is 0. The zero-order chi connectivity index (χ0) is 13.3. The van der Waals surface area contributed by atoms with Gasteiger partial charge in [-0.15, -0.1) is 0 Å². The molecule has 0 aliphatic carbocycles. The van der Waals surface area contributed by atoms with Gasteiger partial charge in [0.05, 0.1) is 0 Å². The van der Waals surface area contributed by atoms with Gasteiger partial charge in [-0.3, -0.25) is 29.1 Å². The van der Waals surface area contributed by atoms with Crippen LogP contribution in [0.15, 0.2) is 14.4 Å². The Morgan fingerprint density at radius 1 is 1.17 bits per heavy atom. The summed E-state index contributed by atoms with van der Waals surface area (Å²) in [5, 5.41) is 8.48. The lowest BCUT2D eigenvalue weighted by molar-refractivity contribution is -0.137. The van der Waals surface area contributed by atoms with Crippen LogP contribution in [0.1, 0.15) is 12.8 Å². The number of aromatic nitrogens is 4. The lowest BCUT2D eigenvalue weighted by Crippen LogP contribution is -2.35. The monoisotopic (exact) mass is 254 g/mol. The van der Waals surface area contributed by atoms with E-state index in [1.54, 1.807) is 0 Å². The number of imidazole rings is 1. The molecule has 9 heteroatoms. The molecule has 2 heterocycles. The number of carbonyl (C=O) groups is 1. The van der Waals surface area contributed by atoms with Crippen molar-refractivity contribution in [3.8, 4) is 0 Å². The molecule has 0 bridgehead atoms. The Balaban J connectivity index is 2.44. The van der Waals surface area contributed by atoms with E-state index >= 15 is 0 Å². The highest BCUT2D eigenvalue weighted by Gasteiger charge is 2.10. The molecule has 0 radical (unpaired) electrons. The second kappa shape index (κ2) is 4.35. The molecule has 0 unspecified atom stereocenters. The average Bonchev–Trinajstić information content (AvgIpc) is 2.63. The molecule has 0 atom stereocenters. The average molecular weight is 254 g/mol. The fourth-order valence-corrected chi connectivity index (χ4v) is 1.63. The van der Waals surface area contributed by atoms with Crippen molar-refractivity contribution in [3.63, 3.8) is 0 Å². The number of hydrogen-bond acceptors (Lipinski definition) is 4. The summed E-state index contributed by atoms with van der Waals surface area (Å²) in [5.74, 6) is -1.00. The summed E-state index contributed by atoms with van der Waals surface area (Å²) in [6.07, 6.45) is 0.00601. The molecule has 0 aromatic carbocycles. The minimum atomic E-state index is -1.00. The molecule has 96 valence electrons. The summed E-state index contributed by atoms with van der Waals surface area (Å²) in [4.78, 5) is 51.6. The van der Waals surface area contributed by atoms with E-state index in [4.69, 9.17) is 5.11 Å². The number of hydrogen-bond donors (Lipinski definition) is 4. The highest BCUT2D eigenvalue weighted by molar-refractivity contribution is 5.67. The van der Waals surface area contributed by atoms with Gasteiger partial charge in [0, 0.05) is 13.0 Å². The van der Waals surface area contributed by atoms with Crippen LogP contribution < -0.4 is 16.9 Å². The van der Waals surface area contributed by atoms with Crippen molar-refractivity contribution in [2.45, 2.75) is 19.4 Å². The van der Waals surface area contributed by atoms with E-state index in [-0.39, 0.29) is 30.6 Å². The van der Waals surface area contributed by atoms with Gasteiger partial charge in [-0.05, 0) is 6.42 Å². The van der Waals surface area contributed by atoms with Gasteiger partial charge in [0.2, 0.25) is 0 Å². The molecule has 4 N–H and O–H groups in total. The Hall–Kier alpha value is -2.58. The molecular weight excluding hydrogens is 244 g/mol. The molecule has 0 aliphatic heterocycles. The van der Waals surface area contributed by atoms with Crippen LogP contribution in [-0.4, -0.2) is 30.6 Å². The largest absolute Gasteiger partial charge is 0.481 e. The Morgan fingerprint density at radius 3 is 2.56 bits per heavy atom. The van der Waals surface area contributed by atoms with Gasteiger partial charge in [0.25, 0.3) is 5.56 Å².